The normalized spacial score (nSPS) is 16.1. The molecule has 1 aromatic carbocycles. The van der Waals surface area contributed by atoms with E-state index in [1.165, 1.54) is 0 Å². The van der Waals surface area contributed by atoms with E-state index in [-0.39, 0.29) is 25.0 Å². The lowest BCUT2D eigenvalue weighted by Gasteiger charge is -2.32. The van der Waals surface area contributed by atoms with Crippen LogP contribution in [0.2, 0.25) is 0 Å². The van der Waals surface area contributed by atoms with Crippen molar-refractivity contribution in [1.82, 2.24) is 10.2 Å². The minimum absolute atomic E-state index is 0.0150. The molecule has 4 nitrogen and oxygen atoms in total. The van der Waals surface area contributed by atoms with E-state index in [0.29, 0.717) is 25.7 Å². The summed E-state index contributed by atoms with van der Waals surface area (Å²) in [7, 11) is 0. The van der Waals surface area contributed by atoms with E-state index in [1.54, 1.807) is 0 Å². The van der Waals surface area contributed by atoms with E-state index in [0.717, 1.165) is 16.0 Å². The number of rotatable bonds is 4. The molecule has 1 aromatic rings. The Morgan fingerprint density at radius 1 is 1.25 bits per heavy atom. The molecule has 0 unspecified atom stereocenters. The fraction of sp³-hybridized carbons (Fsp3) is 0.529. The van der Waals surface area contributed by atoms with Crippen LogP contribution < -0.4 is 5.32 Å². The van der Waals surface area contributed by atoms with E-state index < -0.39 is 12.1 Å². The van der Waals surface area contributed by atoms with Gasteiger partial charge in [-0.25, -0.2) is 0 Å². The monoisotopic (exact) mass is 342 g/mol. The van der Waals surface area contributed by atoms with Crippen LogP contribution in [-0.4, -0.2) is 42.0 Å². The molecule has 0 bridgehead atoms. The number of aryl methyl sites for hydroxylation is 2. The van der Waals surface area contributed by atoms with Gasteiger partial charge >= 0.3 is 12.1 Å². The second-order valence-corrected chi connectivity index (χ2v) is 6.12. The van der Waals surface area contributed by atoms with Gasteiger partial charge in [0.1, 0.15) is 0 Å². The summed E-state index contributed by atoms with van der Waals surface area (Å²) in [6, 6.07) is 7.73. The first-order valence-corrected chi connectivity index (χ1v) is 7.96. The maximum Gasteiger partial charge on any atom is 0.471 e. The zero-order valence-electron chi connectivity index (χ0n) is 13.5. The Kier molecular flexibility index (Phi) is 5.85. The van der Waals surface area contributed by atoms with Crippen LogP contribution in [0.25, 0.3) is 0 Å². The zero-order valence-corrected chi connectivity index (χ0v) is 13.5. The Bertz CT molecular complexity index is 594. The first-order valence-electron chi connectivity index (χ1n) is 7.96. The first kappa shape index (κ1) is 18.3. The summed E-state index contributed by atoms with van der Waals surface area (Å²) in [4.78, 5) is 23.9. The average Bonchev–Trinajstić information content (AvgIpc) is 2.52. The number of likely N-dealkylation sites (tertiary alicyclic amines) is 1. The number of benzene rings is 1. The maximum atomic E-state index is 12.4. The summed E-state index contributed by atoms with van der Waals surface area (Å²) >= 11 is 0. The van der Waals surface area contributed by atoms with Crippen LogP contribution in [0.1, 0.15) is 30.4 Å². The molecular formula is C17H21F3N2O2. The molecule has 0 atom stereocenters. The van der Waals surface area contributed by atoms with Crippen LogP contribution in [0, 0.1) is 6.92 Å². The number of halogens is 3. The van der Waals surface area contributed by atoms with E-state index in [1.807, 2.05) is 31.2 Å². The molecule has 1 N–H and O–H groups in total. The summed E-state index contributed by atoms with van der Waals surface area (Å²) in [5, 5.41) is 2.84. The van der Waals surface area contributed by atoms with Crippen LogP contribution >= 0.6 is 0 Å². The molecule has 0 radical (unpaired) electrons. The van der Waals surface area contributed by atoms with Crippen molar-refractivity contribution in [2.45, 2.75) is 44.8 Å². The molecule has 2 rings (SSSR count). The minimum atomic E-state index is -4.83. The highest BCUT2D eigenvalue weighted by Gasteiger charge is 2.43. The van der Waals surface area contributed by atoms with E-state index >= 15 is 0 Å². The number of amides is 2. The summed E-state index contributed by atoms with van der Waals surface area (Å²) in [6.45, 7) is 2.02. The Balaban J connectivity index is 1.73. The average molecular weight is 342 g/mol. The molecule has 0 aromatic heterocycles. The standard InChI is InChI=1S/C17H21F3N2O2/c1-12-3-2-4-13(11-12)5-6-15(23)21-14-7-9-22(10-8-14)16(24)17(18,19)20/h2-4,11,14H,5-10H2,1H3,(H,21,23). The number of hydrogen-bond acceptors (Lipinski definition) is 2. The number of nitrogens with zero attached hydrogens (tertiary/aromatic N) is 1. The number of nitrogens with one attached hydrogen (secondary N) is 1. The summed E-state index contributed by atoms with van der Waals surface area (Å²) < 4.78 is 37.1. The predicted octanol–water partition coefficient (Wildman–Crippen LogP) is 2.60. The molecule has 0 aliphatic carbocycles. The molecule has 1 heterocycles. The van der Waals surface area contributed by atoms with Gasteiger partial charge in [-0.3, -0.25) is 9.59 Å². The number of hydrogen-bond donors (Lipinski definition) is 1. The number of piperidine rings is 1. The summed E-state index contributed by atoms with van der Waals surface area (Å²) in [6.07, 6.45) is -3.18. The Hall–Kier alpha value is -2.05. The van der Waals surface area contributed by atoms with Gasteiger partial charge in [0.05, 0.1) is 0 Å². The molecule has 1 aliphatic rings. The van der Waals surface area contributed by atoms with Crippen LogP contribution in [0.15, 0.2) is 24.3 Å². The molecule has 1 saturated heterocycles. The van der Waals surface area contributed by atoms with Crippen LogP contribution in [0.4, 0.5) is 13.2 Å². The Morgan fingerprint density at radius 2 is 1.92 bits per heavy atom. The van der Waals surface area contributed by atoms with Crippen LogP contribution in [-0.2, 0) is 16.0 Å². The SMILES string of the molecule is Cc1cccc(CCC(=O)NC2CCN(C(=O)C(F)(F)F)CC2)c1. The minimum Gasteiger partial charge on any atom is -0.353 e. The summed E-state index contributed by atoms with van der Waals surface area (Å²) in [5.74, 6) is -1.91. The quantitative estimate of drug-likeness (QED) is 0.914. The van der Waals surface area contributed by atoms with E-state index in [2.05, 4.69) is 5.32 Å². The lowest BCUT2D eigenvalue weighted by atomic mass is 10.0. The van der Waals surface area contributed by atoms with Crippen molar-refractivity contribution in [2.75, 3.05) is 13.1 Å². The first-order chi connectivity index (χ1) is 11.3. The van der Waals surface area contributed by atoms with E-state index in [9.17, 15) is 22.8 Å². The fourth-order valence-corrected chi connectivity index (χ4v) is 2.83. The van der Waals surface area contributed by atoms with Crippen LogP contribution in [0.5, 0.6) is 0 Å². The lowest BCUT2D eigenvalue weighted by Crippen LogP contribution is -2.50. The van der Waals surface area contributed by atoms with Crippen molar-refractivity contribution in [2.24, 2.45) is 0 Å². The molecule has 1 fully saturated rings. The Labute approximate surface area is 139 Å². The van der Waals surface area contributed by atoms with Gasteiger partial charge in [0.2, 0.25) is 5.91 Å². The number of carbonyl (C=O) groups is 2. The topological polar surface area (TPSA) is 49.4 Å². The van der Waals surface area contributed by atoms with Crippen molar-refractivity contribution < 1.29 is 22.8 Å². The highest BCUT2D eigenvalue weighted by atomic mass is 19.4. The number of alkyl halides is 3. The highest BCUT2D eigenvalue weighted by Crippen LogP contribution is 2.21. The van der Waals surface area contributed by atoms with Gasteiger partial charge in [0.25, 0.3) is 0 Å². The van der Waals surface area contributed by atoms with Gasteiger partial charge in [0, 0.05) is 25.6 Å². The molecule has 2 amide bonds. The molecular weight excluding hydrogens is 321 g/mol. The third-order valence-corrected chi connectivity index (χ3v) is 4.11. The van der Waals surface area contributed by atoms with E-state index in [4.69, 9.17) is 0 Å². The number of carbonyl (C=O) groups excluding carboxylic acids is 2. The zero-order chi connectivity index (χ0) is 17.7. The van der Waals surface area contributed by atoms with Gasteiger partial charge in [-0.2, -0.15) is 13.2 Å². The fourth-order valence-electron chi connectivity index (χ4n) is 2.83. The molecule has 1 aliphatic heterocycles. The second kappa shape index (κ2) is 7.68. The van der Waals surface area contributed by atoms with Crippen LogP contribution in [0.3, 0.4) is 0 Å². The molecule has 24 heavy (non-hydrogen) atoms. The molecule has 132 valence electrons. The maximum absolute atomic E-state index is 12.4. The lowest BCUT2D eigenvalue weighted by molar-refractivity contribution is -0.186. The van der Waals surface area contributed by atoms with Crippen molar-refractivity contribution in [3.8, 4) is 0 Å². The predicted molar refractivity (Wildman–Crippen MR) is 83.3 cm³/mol. The van der Waals surface area contributed by atoms with Gasteiger partial charge < -0.3 is 10.2 Å². The largest absolute Gasteiger partial charge is 0.471 e. The summed E-state index contributed by atoms with van der Waals surface area (Å²) in [5.41, 5.74) is 2.21. The van der Waals surface area contributed by atoms with Crippen molar-refractivity contribution in [1.29, 1.82) is 0 Å². The van der Waals surface area contributed by atoms with Gasteiger partial charge in [-0.1, -0.05) is 29.8 Å². The van der Waals surface area contributed by atoms with Crippen molar-refractivity contribution in [3.63, 3.8) is 0 Å². The molecule has 0 saturated carbocycles. The van der Waals surface area contributed by atoms with Gasteiger partial charge in [-0.15, -0.1) is 0 Å². The Morgan fingerprint density at radius 3 is 2.50 bits per heavy atom. The third-order valence-electron chi connectivity index (χ3n) is 4.11. The smallest absolute Gasteiger partial charge is 0.353 e. The second-order valence-electron chi connectivity index (χ2n) is 6.12. The molecule has 0 spiro atoms. The highest BCUT2D eigenvalue weighted by molar-refractivity contribution is 5.82. The third kappa shape index (κ3) is 5.25. The van der Waals surface area contributed by atoms with Crippen molar-refractivity contribution >= 4 is 11.8 Å². The van der Waals surface area contributed by atoms with Crippen molar-refractivity contribution in [3.05, 3.63) is 35.4 Å². The van der Waals surface area contributed by atoms with Gasteiger partial charge in [0.15, 0.2) is 0 Å². The van der Waals surface area contributed by atoms with Gasteiger partial charge in [-0.05, 0) is 31.7 Å². The molecule has 7 heteroatoms.